The average molecular weight is 312 g/mol. The van der Waals surface area contributed by atoms with Gasteiger partial charge in [0.05, 0.1) is 18.2 Å². The van der Waals surface area contributed by atoms with Crippen molar-refractivity contribution in [3.8, 4) is 6.07 Å². The highest BCUT2D eigenvalue weighted by molar-refractivity contribution is 5.45. The summed E-state index contributed by atoms with van der Waals surface area (Å²) in [6.07, 6.45) is 2.71. The van der Waals surface area contributed by atoms with Gasteiger partial charge in [-0.3, -0.25) is 4.90 Å². The van der Waals surface area contributed by atoms with E-state index in [2.05, 4.69) is 43.3 Å². The number of hydrogen-bond acceptors (Lipinski definition) is 7. The number of piperazine rings is 1. The van der Waals surface area contributed by atoms with Crippen LogP contribution in [0.5, 0.6) is 0 Å². The minimum atomic E-state index is 0.649. The van der Waals surface area contributed by atoms with Crippen molar-refractivity contribution in [1.29, 1.82) is 5.26 Å². The summed E-state index contributed by atoms with van der Waals surface area (Å²) in [5, 5.41) is 20.9. The van der Waals surface area contributed by atoms with Crippen molar-refractivity contribution in [3.05, 3.63) is 29.7 Å². The molecule has 3 rings (SSSR count). The second-order valence-electron chi connectivity index (χ2n) is 5.60. The first-order valence-electron chi connectivity index (χ1n) is 7.88. The van der Waals surface area contributed by atoms with Crippen LogP contribution < -0.4 is 4.90 Å². The Labute approximate surface area is 135 Å². The van der Waals surface area contributed by atoms with Gasteiger partial charge in [0.1, 0.15) is 5.82 Å². The van der Waals surface area contributed by atoms with Gasteiger partial charge in [0.2, 0.25) is 0 Å². The molecule has 0 unspecified atom stereocenters. The van der Waals surface area contributed by atoms with Crippen molar-refractivity contribution in [2.24, 2.45) is 0 Å². The van der Waals surface area contributed by atoms with E-state index in [9.17, 15) is 0 Å². The van der Waals surface area contributed by atoms with Gasteiger partial charge in [-0.1, -0.05) is 6.92 Å². The van der Waals surface area contributed by atoms with E-state index in [-0.39, 0.29) is 0 Å². The van der Waals surface area contributed by atoms with Crippen LogP contribution in [-0.4, -0.2) is 56.3 Å². The van der Waals surface area contributed by atoms with E-state index in [4.69, 9.17) is 5.26 Å². The topological polar surface area (TPSA) is 86.8 Å². The smallest absolute Gasteiger partial charge is 0.165 e. The van der Waals surface area contributed by atoms with Gasteiger partial charge in [-0.15, -0.1) is 5.10 Å². The van der Waals surface area contributed by atoms with E-state index in [1.165, 1.54) is 0 Å². The summed E-state index contributed by atoms with van der Waals surface area (Å²) in [4.78, 5) is 8.93. The van der Waals surface area contributed by atoms with Crippen molar-refractivity contribution in [2.75, 3.05) is 31.1 Å². The summed E-state index contributed by atoms with van der Waals surface area (Å²) in [6, 6.07) is 5.74. The molecule has 1 saturated heterocycles. The molecule has 2 aromatic rings. The molecule has 1 aliphatic heterocycles. The maximum Gasteiger partial charge on any atom is 0.165 e. The Morgan fingerprint density at radius 1 is 1.26 bits per heavy atom. The number of nitrogens with zero attached hydrogens (tertiary/aromatic N) is 8. The lowest BCUT2D eigenvalue weighted by Crippen LogP contribution is -2.46. The molecule has 0 N–H and O–H groups in total. The summed E-state index contributed by atoms with van der Waals surface area (Å²) >= 11 is 0. The van der Waals surface area contributed by atoms with Crippen LogP contribution in [0.3, 0.4) is 0 Å². The van der Waals surface area contributed by atoms with E-state index in [0.29, 0.717) is 5.56 Å². The summed E-state index contributed by atoms with van der Waals surface area (Å²) in [6.45, 7) is 7.37. The second-order valence-corrected chi connectivity index (χ2v) is 5.60. The van der Waals surface area contributed by atoms with Gasteiger partial charge >= 0.3 is 0 Å². The Morgan fingerprint density at radius 3 is 2.83 bits per heavy atom. The van der Waals surface area contributed by atoms with Gasteiger partial charge in [0.25, 0.3) is 0 Å². The van der Waals surface area contributed by atoms with E-state index in [0.717, 1.165) is 57.3 Å². The zero-order valence-electron chi connectivity index (χ0n) is 13.3. The van der Waals surface area contributed by atoms with Gasteiger partial charge in [0.15, 0.2) is 5.82 Å². The van der Waals surface area contributed by atoms with Crippen molar-refractivity contribution in [1.82, 2.24) is 30.1 Å². The van der Waals surface area contributed by atoms with Crippen molar-refractivity contribution in [3.63, 3.8) is 0 Å². The molecular formula is C15H20N8. The Bertz CT molecular complexity index is 681. The molecule has 0 saturated carbocycles. The first-order valence-corrected chi connectivity index (χ1v) is 7.88. The SMILES string of the molecule is CCCn1nnnc1CN1CCN(c2cc(C#N)ccn2)CC1. The number of anilines is 1. The lowest BCUT2D eigenvalue weighted by Gasteiger charge is -2.35. The zero-order valence-corrected chi connectivity index (χ0v) is 13.3. The van der Waals surface area contributed by atoms with Gasteiger partial charge < -0.3 is 4.90 Å². The zero-order chi connectivity index (χ0) is 16.1. The fourth-order valence-electron chi connectivity index (χ4n) is 2.72. The summed E-state index contributed by atoms with van der Waals surface area (Å²) < 4.78 is 1.88. The Morgan fingerprint density at radius 2 is 2.09 bits per heavy atom. The van der Waals surface area contributed by atoms with Gasteiger partial charge in [0, 0.05) is 38.9 Å². The van der Waals surface area contributed by atoms with Crippen LogP contribution in [0, 0.1) is 11.3 Å². The third-order valence-corrected chi connectivity index (χ3v) is 3.98. The third-order valence-electron chi connectivity index (χ3n) is 3.98. The van der Waals surface area contributed by atoms with Crippen molar-refractivity contribution >= 4 is 5.82 Å². The minimum absolute atomic E-state index is 0.649. The van der Waals surface area contributed by atoms with Gasteiger partial charge in [-0.05, 0) is 29.0 Å². The predicted octanol–water partition coefficient (Wildman–Crippen LogP) is 0.672. The quantitative estimate of drug-likeness (QED) is 0.802. The highest BCUT2D eigenvalue weighted by Gasteiger charge is 2.20. The van der Waals surface area contributed by atoms with Crippen LogP contribution in [0.1, 0.15) is 24.7 Å². The molecule has 0 spiro atoms. The highest BCUT2D eigenvalue weighted by atomic mass is 15.5. The molecule has 0 amide bonds. The van der Waals surface area contributed by atoms with Crippen LogP contribution in [0.4, 0.5) is 5.82 Å². The molecule has 8 nitrogen and oxygen atoms in total. The monoisotopic (exact) mass is 312 g/mol. The van der Waals surface area contributed by atoms with E-state index < -0.39 is 0 Å². The Kier molecular flexibility index (Phi) is 4.78. The number of nitriles is 1. The standard InChI is InChI=1S/C15H20N8/c1-2-5-23-15(18-19-20-23)12-21-6-8-22(9-7-21)14-10-13(11-16)3-4-17-14/h3-4,10H,2,5-9,12H2,1H3. The van der Waals surface area contributed by atoms with Crippen molar-refractivity contribution in [2.45, 2.75) is 26.4 Å². The Hall–Kier alpha value is -2.53. The van der Waals surface area contributed by atoms with Gasteiger partial charge in [-0.25, -0.2) is 9.67 Å². The maximum absolute atomic E-state index is 8.99. The van der Waals surface area contributed by atoms with E-state index >= 15 is 0 Å². The predicted molar refractivity (Wildman–Crippen MR) is 84.6 cm³/mol. The molecule has 8 heteroatoms. The largest absolute Gasteiger partial charge is 0.354 e. The molecule has 0 radical (unpaired) electrons. The molecule has 0 atom stereocenters. The molecule has 3 heterocycles. The third kappa shape index (κ3) is 3.63. The second kappa shape index (κ2) is 7.15. The van der Waals surface area contributed by atoms with Crippen LogP contribution in [0.15, 0.2) is 18.3 Å². The van der Waals surface area contributed by atoms with E-state index in [1.54, 1.807) is 12.3 Å². The normalized spacial score (nSPS) is 15.6. The van der Waals surface area contributed by atoms with Gasteiger partial charge in [-0.2, -0.15) is 5.26 Å². The fraction of sp³-hybridized carbons (Fsp3) is 0.533. The lowest BCUT2D eigenvalue weighted by molar-refractivity contribution is 0.238. The molecule has 0 aromatic carbocycles. The highest BCUT2D eigenvalue weighted by Crippen LogP contribution is 2.15. The number of hydrogen-bond donors (Lipinski definition) is 0. The number of tetrazole rings is 1. The molecule has 23 heavy (non-hydrogen) atoms. The van der Waals surface area contributed by atoms with Crippen LogP contribution >= 0.6 is 0 Å². The molecule has 1 fully saturated rings. The number of rotatable bonds is 5. The summed E-state index contributed by atoms with van der Waals surface area (Å²) in [7, 11) is 0. The van der Waals surface area contributed by atoms with Crippen molar-refractivity contribution < 1.29 is 0 Å². The molecular weight excluding hydrogens is 292 g/mol. The lowest BCUT2D eigenvalue weighted by atomic mass is 10.2. The van der Waals surface area contributed by atoms with E-state index in [1.807, 2.05) is 10.7 Å². The van der Waals surface area contributed by atoms with Crippen LogP contribution in [-0.2, 0) is 13.1 Å². The molecule has 0 aliphatic carbocycles. The number of aryl methyl sites for hydroxylation is 1. The first-order chi connectivity index (χ1) is 11.3. The minimum Gasteiger partial charge on any atom is -0.354 e. The fourth-order valence-corrected chi connectivity index (χ4v) is 2.72. The average Bonchev–Trinajstić information content (AvgIpc) is 3.03. The summed E-state index contributed by atoms with van der Waals surface area (Å²) in [5.41, 5.74) is 0.649. The molecule has 0 bridgehead atoms. The molecule has 2 aromatic heterocycles. The van der Waals surface area contributed by atoms with Crippen LogP contribution in [0.25, 0.3) is 0 Å². The number of aromatic nitrogens is 5. The van der Waals surface area contributed by atoms with Crippen LogP contribution in [0.2, 0.25) is 0 Å². The first kappa shape index (κ1) is 15.4. The number of pyridine rings is 1. The molecule has 1 aliphatic rings. The maximum atomic E-state index is 8.99. The molecule has 120 valence electrons. The Balaban J connectivity index is 1.58. The summed E-state index contributed by atoms with van der Waals surface area (Å²) in [5.74, 6) is 1.80.